The molecule has 0 bridgehead atoms. The molecule has 0 amide bonds. The van der Waals surface area contributed by atoms with Gasteiger partial charge < -0.3 is 10.2 Å². The Kier molecular flexibility index (Phi) is 2.32. The molecule has 0 aromatic heterocycles. The second-order valence-corrected chi connectivity index (χ2v) is 3.56. The van der Waals surface area contributed by atoms with E-state index in [-0.39, 0.29) is 24.0 Å². The van der Waals surface area contributed by atoms with Crippen molar-refractivity contribution in [1.82, 2.24) is 0 Å². The minimum Gasteiger partial charge on any atom is -0.393 e. The van der Waals surface area contributed by atoms with Crippen molar-refractivity contribution in [2.75, 3.05) is 0 Å². The maximum atomic E-state index is 9.35. The average Bonchev–Trinajstić information content (AvgIpc) is 1.84. The normalized spacial score (nSPS) is 49.2. The topological polar surface area (TPSA) is 40.5 Å². The van der Waals surface area contributed by atoms with E-state index in [2.05, 4.69) is 0 Å². The Morgan fingerprint density at radius 3 is 1.50 bits per heavy atom. The largest absolute Gasteiger partial charge is 0.393 e. The van der Waals surface area contributed by atoms with Crippen LogP contribution in [0.3, 0.4) is 0 Å². The first kappa shape index (κ1) is 8.02. The van der Waals surface area contributed by atoms with Crippen LogP contribution in [0.25, 0.3) is 0 Å². The van der Waals surface area contributed by atoms with Gasteiger partial charge in [-0.15, -0.1) is 0 Å². The lowest BCUT2D eigenvalue weighted by atomic mass is 9.80. The Hall–Kier alpha value is -0.0800. The van der Waals surface area contributed by atoms with Crippen molar-refractivity contribution < 1.29 is 10.2 Å². The summed E-state index contributed by atoms with van der Waals surface area (Å²) in [5.74, 6) is 0.539. The van der Waals surface area contributed by atoms with Gasteiger partial charge in [0.25, 0.3) is 0 Å². The van der Waals surface area contributed by atoms with Gasteiger partial charge in [-0.3, -0.25) is 0 Å². The van der Waals surface area contributed by atoms with E-state index in [1.807, 2.05) is 13.8 Å². The number of rotatable bonds is 0. The molecule has 1 aliphatic rings. The lowest BCUT2D eigenvalue weighted by molar-refractivity contribution is -0.0203. The monoisotopic (exact) mass is 144 g/mol. The minimum atomic E-state index is -0.196. The maximum Gasteiger partial charge on any atom is 0.0570 e. The van der Waals surface area contributed by atoms with Gasteiger partial charge in [0.15, 0.2) is 0 Å². The van der Waals surface area contributed by atoms with E-state index in [0.29, 0.717) is 0 Å². The van der Waals surface area contributed by atoms with E-state index < -0.39 is 0 Å². The van der Waals surface area contributed by atoms with Crippen LogP contribution in [0.2, 0.25) is 0 Å². The summed E-state index contributed by atoms with van der Waals surface area (Å²) in [5.41, 5.74) is 0. The molecular formula is C8H16O2. The first-order valence-corrected chi connectivity index (χ1v) is 3.97. The highest BCUT2D eigenvalue weighted by atomic mass is 16.3. The molecule has 0 aliphatic heterocycles. The van der Waals surface area contributed by atoms with Gasteiger partial charge >= 0.3 is 0 Å². The van der Waals surface area contributed by atoms with Crippen molar-refractivity contribution in [2.45, 2.75) is 38.9 Å². The summed E-state index contributed by atoms with van der Waals surface area (Å²) in [4.78, 5) is 0. The van der Waals surface area contributed by atoms with Gasteiger partial charge in [0.2, 0.25) is 0 Å². The lowest BCUT2D eigenvalue weighted by Crippen LogP contribution is -2.35. The van der Waals surface area contributed by atoms with Crippen LogP contribution < -0.4 is 0 Å². The van der Waals surface area contributed by atoms with Crippen molar-refractivity contribution in [3.63, 3.8) is 0 Å². The summed E-state index contributed by atoms with van der Waals surface area (Å²) in [7, 11) is 0. The first-order chi connectivity index (χ1) is 4.61. The fraction of sp³-hybridized carbons (Fsp3) is 1.00. The van der Waals surface area contributed by atoms with Crippen LogP contribution in [0.15, 0.2) is 0 Å². The number of aliphatic hydroxyl groups is 2. The smallest absolute Gasteiger partial charge is 0.0570 e. The SMILES string of the molecule is C[C@H]1C[C@H](O)[C@@H](C)C[C@@H]1O. The highest BCUT2D eigenvalue weighted by Crippen LogP contribution is 2.28. The van der Waals surface area contributed by atoms with Crippen molar-refractivity contribution in [3.8, 4) is 0 Å². The van der Waals surface area contributed by atoms with Gasteiger partial charge in [0.1, 0.15) is 0 Å². The zero-order valence-corrected chi connectivity index (χ0v) is 6.62. The summed E-state index contributed by atoms with van der Waals surface area (Å²) in [6, 6.07) is 0. The van der Waals surface area contributed by atoms with E-state index in [1.165, 1.54) is 0 Å². The van der Waals surface area contributed by atoms with E-state index >= 15 is 0 Å². The summed E-state index contributed by atoms with van der Waals surface area (Å²) in [5, 5.41) is 18.7. The Balaban J connectivity index is 2.46. The first-order valence-electron chi connectivity index (χ1n) is 3.97. The Morgan fingerprint density at radius 2 is 1.20 bits per heavy atom. The van der Waals surface area contributed by atoms with Crippen molar-refractivity contribution in [2.24, 2.45) is 11.8 Å². The van der Waals surface area contributed by atoms with Gasteiger partial charge in [-0.25, -0.2) is 0 Å². The van der Waals surface area contributed by atoms with Crippen LogP contribution >= 0.6 is 0 Å². The van der Waals surface area contributed by atoms with Crippen molar-refractivity contribution in [3.05, 3.63) is 0 Å². The number of hydrogen-bond donors (Lipinski definition) is 2. The molecular weight excluding hydrogens is 128 g/mol. The molecule has 0 spiro atoms. The van der Waals surface area contributed by atoms with Crippen LogP contribution in [0.1, 0.15) is 26.7 Å². The van der Waals surface area contributed by atoms with E-state index in [4.69, 9.17) is 0 Å². The second-order valence-electron chi connectivity index (χ2n) is 3.56. The fourth-order valence-electron chi connectivity index (χ4n) is 1.54. The Bertz CT molecular complexity index is 87.8. The minimum absolute atomic E-state index is 0.196. The van der Waals surface area contributed by atoms with E-state index in [9.17, 15) is 10.2 Å². The number of hydrogen-bond acceptors (Lipinski definition) is 2. The van der Waals surface area contributed by atoms with Crippen LogP contribution in [-0.2, 0) is 0 Å². The molecule has 60 valence electrons. The van der Waals surface area contributed by atoms with Crippen molar-refractivity contribution in [1.29, 1.82) is 0 Å². The van der Waals surface area contributed by atoms with Crippen LogP contribution in [-0.4, -0.2) is 22.4 Å². The summed E-state index contributed by atoms with van der Waals surface area (Å²) in [6.45, 7) is 3.97. The average molecular weight is 144 g/mol. The van der Waals surface area contributed by atoms with E-state index in [1.54, 1.807) is 0 Å². The van der Waals surface area contributed by atoms with Crippen LogP contribution in [0.4, 0.5) is 0 Å². The lowest BCUT2D eigenvalue weighted by Gasteiger charge is -2.33. The number of aliphatic hydroxyl groups excluding tert-OH is 2. The van der Waals surface area contributed by atoms with Crippen molar-refractivity contribution >= 4 is 0 Å². The summed E-state index contributed by atoms with van der Waals surface area (Å²) in [6.07, 6.45) is 1.11. The molecule has 0 unspecified atom stereocenters. The van der Waals surface area contributed by atoms with Gasteiger partial charge in [-0.2, -0.15) is 0 Å². The summed E-state index contributed by atoms with van der Waals surface area (Å²) < 4.78 is 0. The van der Waals surface area contributed by atoms with Gasteiger partial charge in [0, 0.05) is 0 Å². The molecule has 1 aliphatic carbocycles. The third-order valence-electron chi connectivity index (χ3n) is 2.54. The molecule has 0 heterocycles. The van der Waals surface area contributed by atoms with Gasteiger partial charge in [-0.05, 0) is 24.7 Å². The molecule has 0 radical (unpaired) electrons. The molecule has 4 atom stereocenters. The molecule has 2 N–H and O–H groups in total. The molecule has 1 rings (SSSR count). The van der Waals surface area contributed by atoms with E-state index in [0.717, 1.165) is 12.8 Å². The molecule has 2 heteroatoms. The maximum absolute atomic E-state index is 9.35. The zero-order valence-electron chi connectivity index (χ0n) is 6.62. The third kappa shape index (κ3) is 1.50. The van der Waals surface area contributed by atoms with Gasteiger partial charge in [0.05, 0.1) is 12.2 Å². The highest BCUT2D eigenvalue weighted by molar-refractivity contribution is 4.80. The third-order valence-corrected chi connectivity index (χ3v) is 2.54. The molecule has 1 fully saturated rings. The Labute approximate surface area is 61.9 Å². The predicted molar refractivity (Wildman–Crippen MR) is 39.6 cm³/mol. The molecule has 0 saturated heterocycles. The molecule has 0 aromatic rings. The standard InChI is InChI=1S/C8H16O2/c1-5-3-8(10)6(2)4-7(5)9/h5-10H,3-4H2,1-2H3/t5-,6-,7-,8-/m0/s1. The van der Waals surface area contributed by atoms with Crippen LogP contribution in [0, 0.1) is 11.8 Å². The van der Waals surface area contributed by atoms with Crippen LogP contribution in [0.5, 0.6) is 0 Å². The predicted octanol–water partition coefficient (Wildman–Crippen LogP) is 0.774. The zero-order chi connectivity index (χ0) is 7.72. The quantitative estimate of drug-likeness (QED) is 0.527. The summed E-state index contributed by atoms with van der Waals surface area (Å²) >= 11 is 0. The second kappa shape index (κ2) is 2.89. The molecule has 1 saturated carbocycles. The molecule has 2 nitrogen and oxygen atoms in total. The fourth-order valence-corrected chi connectivity index (χ4v) is 1.54. The Morgan fingerprint density at radius 1 is 0.900 bits per heavy atom. The van der Waals surface area contributed by atoms with Gasteiger partial charge in [-0.1, -0.05) is 13.8 Å². The highest BCUT2D eigenvalue weighted by Gasteiger charge is 2.29. The molecule has 0 aromatic carbocycles. The molecule has 10 heavy (non-hydrogen) atoms.